The highest BCUT2D eigenvalue weighted by Gasteiger charge is 2.36. The monoisotopic (exact) mass is 356 g/mol. The van der Waals surface area contributed by atoms with Gasteiger partial charge in [0.1, 0.15) is 5.82 Å². The second-order valence-electron chi connectivity index (χ2n) is 6.88. The van der Waals surface area contributed by atoms with Crippen LogP contribution in [0.25, 0.3) is 0 Å². The molecule has 1 saturated carbocycles. The van der Waals surface area contributed by atoms with Crippen molar-refractivity contribution >= 4 is 11.6 Å². The van der Waals surface area contributed by atoms with Crippen LogP contribution in [-0.2, 0) is 6.54 Å². The van der Waals surface area contributed by atoms with E-state index < -0.39 is 16.6 Å². The maximum Gasteiger partial charge on any atom is 0.270 e. The Morgan fingerprint density at radius 2 is 1.96 bits per heavy atom. The van der Waals surface area contributed by atoms with Crippen LogP contribution in [0.5, 0.6) is 0 Å². The molecule has 136 valence electrons. The highest BCUT2D eigenvalue weighted by molar-refractivity contribution is 5.95. The van der Waals surface area contributed by atoms with Gasteiger partial charge in [-0.25, -0.2) is 4.39 Å². The summed E-state index contributed by atoms with van der Waals surface area (Å²) in [5.74, 6) is -0.801. The van der Waals surface area contributed by atoms with Gasteiger partial charge in [0.05, 0.1) is 10.5 Å². The number of benzene rings is 2. The van der Waals surface area contributed by atoms with Gasteiger partial charge in [-0.15, -0.1) is 0 Å². The molecule has 0 radical (unpaired) electrons. The Kier molecular flexibility index (Phi) is 5.02. The average Bonchev–Trinajstić information content (AvgIpc) is 3.46. The Labute approximate surface area is 151 Å². The highest BCUT2D eigenvalue weighted by atomic mass is 19.1. The number of hydrogen-bond acceptors (Lipinski definition) is 3. The lowest BCUT2D eigenvalue weighted by Gasteiger charge is -2.30. The normalized spacial score (nSPS) is 14.7. The topological polar surface area (TPSA) is 63.5 Å². The molecule has 2 aromatic carbocycles. The first-order valence-electron chi connectivity index (χ1n) is 8.68. The first-order valence-corrected chi connectivity index (χ1v) is 8.68. The molecule has 0 saturated heterocycles. The highest BCUT2D eigenvalue weighted by Crippen LogP contribution is 2.36. The zero-order valence-electron chi connectivity index (χ0n) is 14.8. The van der Waals surface area contributed by atoms with E-state index in [1.807, 2.05) is 37.3 Å². The van der Waals surface area contributed by atoms with Crippen LogP contribution in [0.1, 0.15) is 41.3 Å². The number of amides is 1. The second kappa shape index (κ2) is 7.23. The van der Waals surface area contributed by atoms with Crippen molar-refractivity contribution < 1.29 is 14.1 Å². The third kappa shape index (κ3) is 3.74. The Morgan fingerprint density at radius 1 is 1.31 bits per heavy atom. The first-order chi connectivity index (χ1) is 12.4. The Morgan fingerprint density at radius 3 is 2.54 bits per heavy atom. The fourth-order valence-corrected chi connectivity index (χ4v) is 3.18. The molecule has 0 N–H and O–H groups in total. The van der Waals surface area contributed by atoms with Crippen LogP contribution in [0, 0.1) is 28.8 Å². The molecule has 2 aromatic rings. The lowest BCUT2D eigenvalue weighted by atomic mass is 10.0. The summed E-state index contributed by atoms with van der Waals surface area (Å²) in [6.07, 6.45) is 2.08. The van der Waals surface area contributed by atoms with Crippen molar-refractivity contribution in [1.29, 1.82) is 0 Å². The number of nitro groups is 1. The van der Waals surface area contributed by atoms with E-state index in [0.717, 1.165) is 30.5 Å². The standard InChI is InChI=1S/C20H21FN2O3/c1-13-10-17(23(25)26)11-18(19(13)21)20(24)22(14(2)16-8-9-16)12-15-6-4-3-5-7-15/h3-7,10-11,14,16H,8-9,12H2,1-2H3. The van der Waals surface area contributed by atoms with E-state index >= 15 is 0 Å². The van der Waals surface area contributed by atoms with Crippen LogP contribution >= 0.6 is 0 Å². The van der Waals surface area contributed by atoms with Crippen molar-refractivity contribution in [2.24, 2.45) is 5.92 Å². The third-order valence-electron chi connectivity index (χ3n) is 4.93. The molecule has 5 nitrogen and oxygen atoms in total. The summed E-state index contributed by atoms with van der Waals surface area (Å²) in [5.41, 5.74) is 0.531. The average molecular weight is 356 g/mol. The SMILES string of the molecule is Cc1cc([N+](=O)[O-])cc(C(=O)N(Cc2ccccc2)C(C)C2CC2)c1F. The maximum atomic E-state index is 14.6. The fourth-order valence-electron chi connectivity index (χ4n) is 3.18. The van der Waals surface area contributed by atoms with Gasteiger partial charge in [-0.1, -0.05) is 30.3 Å². The predicted molar refractivity (Wildman–Crippen MR) is 96.3 cm³/mol. The zero-order valence-corrected chi connectivity index (χ0v) is 14.8. The van der Waals surface area contributed by atoms with E-state index in [9.17, 15) is 19.3 Å². The summed E-state index contributed by atoms with van der Waals surface area (Å²) < 4.78 is 14.6. The minimum atomic E-state index is -0.693. The van der Waals surface area contributed by atoms with E-state index in [2.05, 4.69) is 0 Å². The summed E-state index contributed by atoms with van der Waals surface area (Å²) in [6.45, 7) is 3.74. The molecule has 0 bridgehead atoms. The van der Waals surface area contributed by atoms with Gasteiger partial charge in [-0.2, -0.15) is 0 Å². The molecular weight excluding hydrogens is 335 g/mol. The molecular formula is C20H21FN2O3. The summed E-state index contributed by atoms with van der Waals surface area (Å²) >= 11 is 0. The van der Waals surface area contributed by atoms with Crippen LogP contribution < -0.4 is 0 Å². The van der Waals surface area contributed by atoms with Crippen LogP contribution in [0.15, 0.2) is 42.5 Å². The quantitative estimate of drug-likeness (QED) is 0.566. The van der Waals surface area contributed by atoms with E-state index in [1.165, 1.54) is 6.92 Å². The molecule has 6 heteroatoms. The smallest absolute Gasteiger partial charge is 0.270 e. The van der Waals surface area contributed by atoms with Crippen molar-refractivity contribution in [2.75, 3.05) is 0 Å². The van der Waals surface area contributed by atoms with Crippen LogP contribution in [0.2, 0.25) is 0 Å². The summed E-state index contributed by atoms with van der Waals surface area (Å²) in [7, 11) is 0. The van der Waals surface area contributed by atoms with E-state index in [-0.39, 0.29) is 22.9 Å². The fraction of sp³-hybridized carbons (Fsp3) is 0.350. The predicted octanol–water partition coefficient (Wildman–Crippen LogP) is 4.48. The number of carbonyl (C=O) groups is 1. The molecule has 0 heterocycles. The lowest BCUT2D eigenvalue weighted by Crippen LogP contribution is -2.40. The largest absolute Gasteiger partial charge is 0.331 e. The van der Waals surface area contributed by atoms with Gasteiger partial charge in [-0.3, -0.25) is 14.9 Å². The molecule has 0 aromatic heterocycles. The van der Waals surface area contributed by atoms with Crippen molar-refractivity contribution in [3.05, 3.63) is 75.1 Å². The first kappa shape index (κ1) is 18.0. The number of nitrogens with zero attached hydrogens (tertiary/aromatic N) is 2. The van der Waals surface area contributed by atoms with E-state index in [4.69, 9.17) is 0 Å². The minimum absolute atomic E-state index is 0.0540. The number of aryl methyl sites for hydroxylation is 1. The minimum Gasteiger partial charge on any atom is -0.331 e. The number of rotatable bonds is 6. The molecule has 1 amide bonds. The second-order valence-corrected chi connectivity index (χ2v) is 6.88. The van der Waals surface area contributed by atoms with E-state index in [0.29, 0.717) is 12.5 Å². The van der Waals surface area contributed by atoms with Gasteiger partial charge in [0, 0.05) is 24.7 Å². The number of nitro benzene ring substituents is 1. The Bertz CT molecular complexity index is 834. The molecule has 26 heavy (non-hydrogen) atoms. The number of non-ortho nitro benzene ring substituents is 1. The number of halogens is 1. The number of carbonyl (C=O) groups excluding carboxylic acids is 1. The van der Waals surface area contributed by atoms with Gasteiger partial charge in [0.2, 0.25) is 0 Å². The third-order valence-corrected chi connectivity index (χ3v) is 4.93. The van der Waals surface area contributed by atoms with Crippen molar-refractivity contribution in [2.45, 2.75) is 39.3 Å². The molecule has 3 rings (SSSR count). The summed E-state index contributed by atoms with van der Waals surface area (Å²) in [4.78, 5) is 25.3. The van der Waals surface area contributed by atoms with Gasteiger partial charge in [-0.05, 0) is 43.7 Å². The van der Waals surface area contributed by atoms with Crippen molar-refractivity contribution in [3.63, 3.8) is 0 Å². The molecule has 1 unspecified atom stereocenters. The lowest BCUT2D eigenvalue weighted by molar-refractivity contribution is -0.385. The van der Waals surface area contributed by atoms with Crippen LogP contribution in [0.3, 0.4) is 0 Å². The summed E-state index contributed by atoms with van der Waals surface area (Å²) in [6, 6.07) is 11.6. The Balaban J connectivity index is 1.98. The summed E-state index contributed by atoms with van der Waals surface area (Å²) in [5, 5.41) is 11.1. The number of hydrogen-bond donors (Lipinski definition) is 0. The van der Waals surface area contributed by atoms with E-state index in [1.54, 1.807) is 4.90 Å². The Hall–Kier alpha value is -2.76. The van der Waals surface area contributed by atoms with Crippen LogP contribution in [0.4, 0.5) is 10.1 Å². The van der Waals surface area contributed by atoms with Crippen LogP contribution in [-0.4, -0.2) is 21.8 Å². The maximum absolute atomic E-state index is 14.6. The van der Waals surface area contributed by atoms with Crippen molar-refractivity contribution in [1.82, 2.24) is 4.90 Å². The van der Waals surface area contributed by atoms with Gasteiger partial charge < -0.3 is 4.90 Å². The molecule has 1 aliphatic carbocycles. The molecule has 0 spiro atoms. The van der Waals surface area contributed by atoms with Crippen molar-refractivity contribution in [3.8, 4) is 0 Å². The molecule has 1 aliphatic rings. The molecule has 1 fully saturated rings. The van der Waals surface area contributed by atoms with Gasteiger partial charge in [0.15, 0.2) is 0 Å². The van der Waals surface area contributed by atoms with Gasteiger partial charge >= 0.3 is 0 Å². The zero-order chi connectivity index (χ0) is 18.8. The van der Waals surface area contributed by atoms with Gasteiger partial charge in [0.25, 0.3) is 11.6 Å². The molecule has 1 atom stereocenters. The molecule has 0 aliphatic heterocycles.